The highest BCUT2D eigenvalue weighted by molar-refractivity contribution is 5.92. The Morgan fingerprint density at radius 3 is 2.27 bits per heavy atom. The number of aromatic nitrogens is 2. The van der Waals surface area contributed by atoms with Crippen molar-refractivity contribution in [2.75, 3.05) is 19.8 Å². The summed E-state index contributed by atoms with van der Waals surface area (Å²) in [7, 11) is 0. The van der Waals surface area contributed by atoms with Crippen LogP contribution in [0.15, 0.2) is 24.3 Å². The van der Waals surface area contributed by atoms with E-state index in [1.165, 1.54) is 4.90 Å². The number of fused-ring (bicyclic) bond motifs is 1. The Hall–Kier alpha value is -3.29. The second-order valence-electron chi connectivity index (χ2n) is 8.85. The molecular weight excluding hydrogens is 510 g/mol. The number of carbonyl (C=O) groups excluding carboxylic acids is 2. The second-order valence-corrected chi connectivity index (χ2v) is 8.85. The lowest BCUT2D eigenvalue weighted by molar-refractivity contribution is -0.143. The van der Waals surface area contributed by atoms with Gasteiger partial charge in [0.25, 0.3) is 5.91 Å². The van der Waals surface area contributed by atoms with Gasteiger partial charge >= 0.3 is 18.4 Å². The molecule has 2 aliphatic rings. The lowest BCUT2D eigenvalue weighted by Crippen LogP contribution is -2.39. The molecule has 0 atom stereocenters. The minimum Gasteiger partial charge on any atom is -0.445 e. The molecule has 202 valence electrons. The average molecular weight is 534 g/mol. The highest BCUT2D eigenvalue weighted by atomic mass is 19.4. The van der Waals surface area contributed by atoms with Crippen LogP contribution in [0.25, 0.3) is 0 Å². The van der Waals surface area contributed by atoms with Crippen LogP contribution in [-0.4, -0.2) is 52.5 Å². The SMILES string of the molecule is O=C(NC1CCOCC1)c1cc2n(n1)CCCN(C(=O)OCc1cc(C(F)(F)F)cc(C(F)(F)F)c1)C2. The first kappa shape index (κ1) is 26.8. The molecule has 1 saturated heterocycles. The fraction of sp³-hybridized carbons (Fsp3) is 0.522. The first-order chi connectivity index (χ1) is 17.4. The van der Waals surface area contributed by atoms with Gasteiger partial charge < -0.3 is 19.7 Å². The Labute approximate surface area is 207 Å². The molecule has 3 heterocycles. The Morgan fingerprint density at radius 2 is 1.65 bits per heavy atom. The molecule has 14 heteroatoms. The first-order valence-corrected chi connectivity index (χ1v) is 11.6. The van der Waals surface area contributed by atoms with Crippen molar-refractivity contribution >= 4 is 12.0 Å². The molecule has 0 spiro atoms. The molecule has 1 N–H and O–H groups in total. The van der Waals surface area contributed by atoms with Crippen molar-refractivity contribution in [3.63, 3.8) is 0 Å². The standard InChI is InChI=1S/C23H24F6N4O4/c24-22(25,26)15-8-14(9-16(10-15)23(27,28)29)13-37-21(35)32-4-1-5-33-18(12-32)11-19(31-33)20(34)30-17-2-6-36-7-3-17/h8-11,17H,1-7,12-13H2,(H,30,34). The lowest BCUT2D eigenvalue weighted by atomic mass is 10.1. The minimum atomic E-state index is -5.00. The van der Waals surface area contributed by atoms with E-state index in [4.69, 9.17) is 9.47 Å². The van der Waals surface area contributed by atoms with Gasteiger partial charge in [-0.1, -0.05) is 0 Å². The van der Waals surface area contributed by atoms with Gasteiger partial charge in [0, 0.05) is 32.3 Å². The number of ether oxygens (including phenoxy) is 2. The van der Waals surface area contributed by atoms with Gasteiger partial charge in [0.2, 0.25) is 0 Å². The number of carbonyl (C=O) groups is 2. The fourth-order valence-corrected chi connectivity index (χ4v) is 4.17. The topological polar surface area (TPSA) is 85.7 Å². The van der Waals surface area contributed by atoms with E-state index in [-0.39, 0.29) is 36.8 Å². The number of hydrogen-bond acceptors (Lipinski definition) is 5. The zero-order valence-corrected chi connectivity index (χ0v) is 19.5. The second kappa shape index (κ2) is 10.6. The Kier molecular flexibility index (Phi) is 7.67. The number of hydrogen-bond donors (Lipinski definition) is 1. The van der Waals surface area contributed by atoms with E-state index >= 15 is 0 Å². The highest BCUT2D eigenvalue weighted by Crippen LogP contribution is 2.36. The summed E-state index contributed by atoms with van der Waals surface area (Å²) in [6.07, 6.45) is -9.08. The Morgan fingerprint density at radius 1 is 1.00 bits per heavy atom. The molecule has 37 heavy (non-hydrogen) atoms. The van der Waals surface area contributed by atoms with Gasteiger partial charge in [-0.25, -0.2) is 4.79 Å². The monoisotopic (exact) mass is 534 g/mol. The van der Waals surface area contributed by atoms with E-state index in [0.717, 1.165) is 0 Å². The highest BCUT2D eigenvalue weighted by Gasteiger charge is 2.37. The van der Waals surface area contributed by atoms with E-state index in [2.05, 4.69) is 10.4 Å². The third-order valence-electron chi connectivity index (χ3n) is 6.07. The van der Waals surface area contributed by atoms with Gasteiger partial charge in [0.1, 0.15) is 6.61 Å². The van der Waals surface area contributed by atoms with Crippen molar-refractivity contribution in [1.29, 1.82) is 0 Å². The molecule has 4 rings (SSSR count). The third-order valence-corrected chi connectivity index (χ3v) is 6.07. The lowest BCUT2D eigenvalue weighted by Gasteiger charge is -2.22. The summed E-state index contributed by atoms with van der Waals surface area (Å²) in [5.41, 5.74) is -2.69. The number of amides is 2. The van der Waals surface area contributed by atoms with Crippen LogP contribution in [0.4, 0.5) is 31.1 Å². The molecule has 0 aliphatic carbocycles. The number of nitrogens with one attached hydrogen (secondary N) is 1. The van der Waals surface area contributed by atoms with Gasteiger partial charge in [-0.15, -0.1) is 0 Å². The van der Waals surface area contributed by atoms with Crippen molar-refractivity contribution in [3.8, 4) is 0 Å². The maximum atomic E-state index is 13.1. The largest absolute Gasteiger partial charge is 0.445 e. The summed E-state index contributed by atoms with van der Waals surface area (Å²) in [4.78, 5) is 26.5. The van der Waals surface area contributed by atoms with Crippen LogP contribution >= 0.6 is 0 Å². The molecule has 1 aromatic carbocycles. The number of benzene rings is 1. The van der Waals surface area contributed by atoms with Crippen molar-refractivity contribution in [2.24, 2.45) is 0 Å². The summed E-state index contributed by atoms with van der Waals surface area (Å²) in [5, 5.41) is 7.21. The van der Waals surface area contributed by atoms with Gasteiger partial charge in [-0.3, -0.25) is 9.48 Å². The van der Waals surface area contributed by atoms with Crippen molar-refractivity contribution in [2.45, 2.75) is 57.4 Å². The van der Waals surface area contributed by atoms with Crippen LogP contribution in [0.5, 0.6) is 0 Å². The normalized spacial score (nSPS) is 17.2. The number of rotatable bonds is 4. The summed E-state index contributed by atoms with van der Waals surface area (Å²) in [6, 6.07) is 2.56. The molecule has 0 bridgehead atoms. The molecule has 0 saturated carbocycles. The molecule has 8 nitrogen and oxygen atoms in total. The predicted octanol–water partition coefficient (Wildman–Crippen LogP) is 4.37. The van der Waals surface area contributed by atoms with E-state index in [1.807, 2.05) is 0 Å². The minimum absolute atomic E-state index is 0.00672. The zero-order chi connectivity index (χ0) is 26.8. The van der Waals surface area contributed by atoms with Crippen LogP contribution in [0, 0.1) is 0 Å². The first-order valence-electron chi connectivity index (χ1n) is 11.6. The fourth-order valence-electron chi connectivity index (χ4n) is 4.17. The van der Waals surface area contributed by atoms with E-state index in [9.17, 15) is 35.9 Å². The average Bonchev–Trinajstić information content (AvgIpc) is 3.13. The van der Waals surface area contributed by atoms with Gasteiger partial charge in [-0.2, -0.15) is 31.4 Å². The molecule has 0 unspecified atom stereocenters. The zero-order valence-electron chi connectivity index (χ0n) is 19.5. The van der Waals surface area contributed by atoms with Crippen LogP contribution in [-0.2, 0) is 41.5 Å². The molecule has 1 aromatic heterocycles. The molecule has 0 radical (unpaired) electrons. The Balaban J connectivity index is 1.41. The van der Waals surface area contributed by atoms with Crippen molar-refractivity contribution in [1.82, 2.24) is 20.0 Å². The molecular formula is C23H24F6N4O4. The van der Waals surface area contributed by atoms with Crippen LogP contribution < -0.4 is 5.32 Å². The summed E-state index contributed by atoms with van der Waals surface area (Å²) < 4.78 is 90.4. The summed E-state index contributed by atoms with van der Waals surface area (Å²) in [6.45, 7) is 0.973. The molecule has 1 fully saturated rings. The summed E-state index contributed by atoms with van der Waals surface area (Å²) in [5.74, 6) is -0.355. The van der Waals surface area contributed by atoms with Gasteiger partial charge in [-0.05, 0) is 49.1 Å². The number of aryl methyl sites for hydroxylation is 1. The van der Waals surface area contributed by atoms with Crippen LogP contribution in [0.3, 0.4) is 0 Å². The molecule has 2 aromatic rings. The molecule has 2 amide bonds. The maximum Gasteiger partial charge on any atom is 0.416 e. The smallest absolute Gasteiger partial charge is 0.416 e. The van der Waals surface area contributed by atoms with E-state index in [0.29, 0.717) is 56.8 Å². The quantitative estimate of drug-likeness (QED) is 0.589. The molecule has 2 aliphatic heterocycles. The van der Waals surface area contributed by atoms with Crippen LogP contribution in [0.2, 0.25) is 0 Å². The van der Waals surface area contributed by atoms with Gasteiger partial charge in [0.05, 0.1) is 23.4 Å². The predicted molar refractivity (Wildman–Crippen MR) is 115 cm³/mol. The summed E-state index contributed by atoms with van der Waals surface area (Å²) >= 11 is 0. The van der Waals surface area contributed by atoms with Crippen LogP contribution in [0.1, 0.15) is 52.1 Å². The maximum absolute atomic E-state index is 13.1. The van der Waals surface area contributed by atoms with Gasteiger partial charge in [0.15, 0.2) is 5.69 Å². The van der Waals surface area contributed by atoms with Crippen molar-refractivity contribution < 1.29 is 45.4 Å². The Bertz CT molecular complexity index is 1110. The number of halogens is 6. The van der Waals surface area contributed by atoms with E-state index < -0.39 is 41.7 Å². The third kappa shape index (κ3) is 6.73. The van der Waals surface area contributed by atoms with Crippen molar-refractivity contribution in [3.05, 3.63) is 52.3 Å². The number of nitrogens with zero attached hydrogens (tertiary/aromatic N) is 3. The number of alkyl halides is 6. The van der Waals surface area contributed by atoms with E-state index in [1.54, 1.807) is 10.7 Å².